The van der Waals surface area contributed by atoms with E-state index in [1.54, 1.807) is 0 Å². The van der Waals surface area contributed by atoms with Gasteiger partial charge in [-0.25, -0.2) is 0 Å². The van der Waals surface area contributed by atoms with E-state index >= 15 is 0 Å². The Hall–Kier alpha value is -8.20. The van der Waals surface area contributed by atoms with Crippen molar-refractivity contribution in [2.24, 2.45) is 0 Å². The molecule has 0 N–H and O–H groups in total. The normalized spacial score (nSPS) is 14.1. The molecule has 0 saturated carbocycles. The van der Waals surface area contributed by atoms with Gasteiger partial charge in [0.15, 0.2) is 0 Å². The summed E-state index contributed by atoms with van der Waals surface area (Å²) in [7, 11) is 0. The minimum Gasteiger partial charge on any atom is -0.311 e. The van der Waals surface area contributed by atoms with Crippen LogP contribution in [0.2, 0.25) is 0 Å². The molecule has 0 aliphatic heterocycles. The first-order chi connectivity index (χ1) is 32.8. The van der Waals surface area contributed by atoms with Crippen molar-refractivity contribution in [2.45, 2.75) is 33.1 Å². The van der Waals surface area contributed by atoms with Crippen molar-refractivity contribution in [2.75, 3.05) is 9.80 Å². The van der Waals surface area contributed by atoms with Gasteiger partial charge in [-0.2, -0.15) is 0 Å². The Kier molecular flexibility index (Phi) is 8.73. The molecule has 0 radical (unpaired) electrons. The molecule has 0 atom stereocenters. The summed E-state index contributed by atoms with van der Waals surface area (Å²) in [4.78, 5) is 4.88. The lowest BCUT2D eigenvalue weighted by Gasteiger charge is -2.38. The van der Waals surface area contributed by atoms with Crippen LogP contribution in [-0.2, 0) is 5.41 Å². The topological polar surface area (TPSA) is 6.48 Å². The highest BCUT2D eigenvalue weighted by molar-refractivity contribution is 6.26. The standard InChI is InChI=1S/C65H48N2/c1-41-15-11-19-47(31-41)66(48-20-12-16-42(2)32-48)51-29-30-55-60(38-51)54-24-6-5-23-53(54)59-37-45-35-46-36-52(67(49-21-13-17-43(3)33-49)50-22-14-18-44(4)34-50)40-65(64(46)58(45)39-61(55)59)62-27-9-7-25-56(62)57-26-8-10-28-63(57)65/h5-40H,1-4H3. The SMILES string of the molecule is Cc1cccc(N(C2=CC3(C4=c5cc6c7ccc(N(c8cccc(C)c8)c8cccc(C)c8)cc7c7ccccc7c6cc5=CC4=C2)c2ccccc2-c2ccccc23)c2cccc(C)c2)c1. The van der Waals surface area contributed by atoms with Gasteiger partial charge in [0, 0.05) is 34.1 Å². The minimum atomic E-state index is -0.560. The molecular formula is C65H48N2. The molecule has 3 aliphatic rings. The van der Waals surface area contributed by atoms with Gasteiger partial charge in [0.1, 0.15) is 0 Å². The van der Waals surface area contributed by atoms with Crippen LogP contribution in [0, 0.1) is 27.7 Å². The summed E-state index contributed by atoms with van der Waals surface area (Å²) in [5.41, 5.74) is 19.1. The second-order valence-electron chi connectivity index (χ2n) is 18.9. The first-order valence-electron chi connectivity index (χ1n) is 23.5. The number of aryl methyl sites for hydroxylation is 4. The monoisotopic (exact) mass is 856 g/mol. The molecule has 2 heteroatoms. The number of hydrogen-bond acceptors (Lipinski definition) is 2. The molecule has 0 unspecified atom stereocenters. The van der Waals surface area contributed by atoms with Gasteiger partial charge in [-0.15, -0.1) is 0 Å². The molecule has 0 saturated heterocycles. The number of nitrogens with zero attached hydrogens (tertiary/aromatic N) is 2. The van der Waals surface area contributed by atoms with E-state index in [4.69, 9.17) is 0 Å². The molecule has 0 fully saturated rings. The maximum Gasteiger partial charge on any atom is 0.0679 e. The van der Waals surface area contributed by atoms with Crippen molar-refractivity contribution in [1.82, 2.24) is 0 Å². The second kappa shape index (κ2) is 14.9. The van der Waals surface area contributed by atoms with Gasteiger partial charge in [0.25, 0.3) is 0 Å². The van der Waals surface area contributed by atoms with Gasteiger partial charge in [0.05, 0.1) is 5.41 Å². The van der Waals surface area contributed by atoms with E-state index in [2.05, 4.69) is 256 Å². The summed E-state index contributed by atoms with van der Waals surface area (Å²) >= 11 is 0. The van der Waals surface area contributed by atoms with Crippen LogP contribution in [-0.4, -0.2) is 0 Å². The van der Waals surface area contributed by atoms with Crippen molar-refractivity contribution < 1.29 is 0 Å². The van der Waals surface area contributed by atoms with E-state index in [0.29, 0.717) is 0 Å². The second-order valence-corrected chi connectivity index (χ2v) is 18.9. The summed E-state index contributed by atoms with van der Waals surface area (Å²) in [6.45, 7) is 8.72. The molecule has 0 bridgehead atoms. The Balaban J connectivity index is 1.11. The smallest absolute Gasteiger partial charge is 0.0679 e. The number of anilines is 5. The van der Waals surface area contributed by atoms with E-state index in [1.165, 1.54) is 98.4 Å². The number of hydrogen-bond donors (Lipinski definition) is 0. The Morgan fingerprint density at radius 3 is 1.33 bits per heavy atom. The lowest BCUT2D eigenvalue weighted by Crippen LogP contribution is -2.35. The first-order valence-corrected chi connectivity index (χ1v) is 23.5. The molecule has 318 valence electrons. The van der Waals surface area contributed by atoms with E-state index in [9.17, 15) is 0 Å². The predicted octanol–water partition coefficient (Wildman–Crippen LogP) is 15.4. The third-order valence-electron chi connectivity index (χ3n) is 14.5. The quantitative estimate of drug-likeness (QED) is 0.154. The fourth-order valence-corrected chi connectivity index (χ4v) is 11.7. The first kappa shape index (κ1) is 39.2. The van der Waals surface area contributed by atoms with Crippen LogP contribution < -0.4 is 20.2 Å². The summed E-state index contributed by atoms with van der Waals surface area (Å²) in [6.07, 6.45) is 7.51. The van der Waals surface area contributed by atoms with Gasteiger partial charge in [-0.05, 0) is 217 Å². The average Bonchev–Trinajstić information content (AvgIpc) is 3.84. The molecule has 10 aromatic rings. The highest BCUT2D eigenvalue weighted by Crippen LogP contribution is 2.58. The van der Waals surface area contributed by atoms with Crippen LogP contribution in [0.4, 0.5) is 28.4 Å². The van der Waals surface area contributed by atoms with Crippen LogP contribution in [0.25, 0.3) is 55.1 Å². The number of allylic oxidation sites excluding steroid dienone is 3. The minimum absolute atomic E-state index is 0.560. The Morgan fingerprint density at radius 1 is 0.343 bits per heavy atom. The molecule has 67 heavy (non-hydrogen) atoms. The van der Waals surface area contributed by atoms with Crippen LogP contribution in [0.15, 0.2) is 224 Å². The van der Waals surface area contributed by atoms with Gasteiger partial charge in [-0.1, -0.05) is 127 Å². The molecule has 3 aliphatic carbocycles. The lowest BCUT2D eigenvalue weighted by atomic mass is 9.67. The van der Waals surface area contributed by atoms with E-state index in [-0.39, 0.29) is 0 Å². The summed E-state index contributed by atoms with van der Waals surface area (Å²) < 4.78 is 0. The van der Waals surface area contributed by atoms with E-state index in [1.807, 2.05) is 0 Å². The number of rotatable bonds is 6. The van der Waals surface area contributed by atoms with Crippen molar-refractivity contribution in [3.8, 4) is 11.1 Å². The molecule has 0 heterocycles. The van der Waals surface area contributed by atoms with Crippen molar-refractivity contribution >= 4 is 72.4 Å². The van der Waals surface area contributed by atoms with Crippen molar-refractivity contribution in [3.05, 3.63) is 267 Å². The Labute approximate surface area is 392 Å². The average molecular weight is 857 g/mol. The van der Waals surface area contributed by atoms with Crippen LogP contribution in [0.3, 0.4) is 0 Å². The number of fused-ring (bicyclic) bond motifs is 14. The van der Waals surface area contributed by atoms with Crippen molar-refractivity contribution in [3.63, 3.8) is 0 Å². The maximum absolute atomic E-state index is 2.59. The molecular weight excluding hydrogens is 809 g/mol. The zero-order chi connectivity index (χ0) is 45.0. The van der Waals surface area contributed by atoms with Gasteiger partial charge in [-0.3, -0.25) is 0 Å². The highest BCUT2D eigenvalue weighted by atomic mass is 15.2. The zero-order valence-corrected chi connectivity index (χ0v) is 38.2. The molecule has 0 amide bonds. The highest BCUT2D eigenvalue weighted by Gasteiger charge is 2.48. The predicted molar refractivity (Wildman–Crippen MR) is 284 cm³/mol. The van der Waals surface area contributed by atoms with E-state index < -0.39 is 5.41 Å². The van der Waals surface area contributed by atoms with Crippen LogP contribution >= 0.6 is 0 Å². The molecule has 13 rings (SSSR count). The summed E-state index contributed by atoms with van der Waals surface area (Å²) in [6, 6.07) is 74.9. The van der Waals surface area contributed by atoms with Crippen LogP contribution in [0.1, 0.15) is 33.4 Å². The fourth-order valence-electron chi connectivity index (χ4n) is 11.7. The number of benzene rings is 10. The fraction of sp³-hybridized carbons (Fsp3) is 0.0769. The van der Waals surface area contributed by atoms with E-state index in [0.717, 1.165) is 34.1 Å². The molecule has 0 aromatic heterocycles. The largest absolute Gasteiger partial charge is 0.311 e. The van der Waals surface area contributed by atoms with Gasteiger partial charge < -0.3 is 9.80 Å². The van der Waals surface area contributed by atoms with Gasteiger partial charge >= 0.3 is 0 Å². The van der Waals surface area contributed by atoms with Crippen LogP contribution in [0.5, 0.6) is 0 Å². The summed E-state index contributed by atoms with van der Waals surface area (Å²) in [5.74, 6) is 0. The Morgan fingerprint density at radius 2 is 0.791 bits per heavy atom. The summed E-state index contributed by atoms with van der Waals surface area (Å²) in [5, 5.41) is 10.1. The molecule has 1 spiro atoms. The zero-order valence-electron chi connectivity index (χ0n) is 38.2. The van der Waals surface area contributed by atoms with Crippen molar-refractivity contribution in [1.29, 1.82) is 0 Å². The van der Waals surface area contributed by atoms with Gasteiger partial charge in [0.2, 0.25) is 0 Å². The third kappa shape index (κ3) is 6.03. The Bertz CT molecular complexity index is 3800. The maximum atomic E-state index is 2.59. The third-order valence-corrected chi connectivity index (χ3v) is 14.5. The lowest BCUT2D eigenvalue weighted by molar-refractivity contribution is 0.844. The molecule has 10 aromatic carbocycles. The molecule has 2 nitrogen and oxygen atoms in total.